The minimum atomic E-state index is 0.0896. The Hall–Kier alpha value is -2.28. The maximum Gasteiger partial charge on any atom is 0.257 e. The third kappa shape index (κ3) is 3.46. The largest absolute Gasteiger partial charge is 0.337 e. The quantitative estimate of drug-likeness (QED) is 0.823. The van der Waals surface area contributed by atoms with Gasteiger partial charge in [-0.1, -0.05) is 6.92 Å². The number of aromatic nitrogens is 4. The van der Waals surface area contributed by atoms with E-state index in [0.29, 0.717) is 12.6 Å². The van der Waals surface area contributed by atoms with Crippen LogP contribution in [0.1, 0.15) is 35.2 Å². The number of hydrogen-bond acceptors (Lipinski definition) is 5. The molecule has 7 nitrogen and oxygen atoms in total. The summed E-state index contributed by atoms with van der Waals surface area (Å²) in [5.41, 5.74) is 1.60. The van der Waals surface area contributed by atoms with Gasteiger partial charge in [0.15, 0.2) is 0 Å². The van der Waals surface area contributed by atoms with Crippen LogP contribution in [0.2, 0.25) is 0 Å². The highest BCUT2D eigenvalue weighted by Crippen LogP contribution is 2.19. The minimum absolute atomic E-state index is 0.0896. The fourth-order valence-corrected chi connectivity index (χ4v) is 3.19. The number of aryl methyl sites for hydroxylation is 2. The predicted molar refractivity (Wildman–Crippen MR) is 90.4 cm³/mol. The zero-order valence-corrected chi connectivity index (χ0v) is 14.5. The molecule has 1 saturated heterocycles. The molecule has 24 heavy (non-hydrogen) atoms. The van der Waals surface area contributed by atoms with Gasteiger partial charge in [0.1, 0.15) is 5.82 Å². The summed E-state index contributed by atoms with van der Waals surface area (Å²) < 4.78 is 1.72. The molecule has 0 N–H and O–H groups in total. The molecule has 1 unspecified atom stereocenters. The molecule has 1 aliphatic heterocycles. The first kappa shape index (κ1) is 16.6. The number of likely N-dealkylation sites (tertiary alicyclic amines) is 1. The molecular formula is C17H24N6O. The standard InChI is InChI=1S/C17H24N6O/c1-4-15-14(11-22(3)20-15)17(24)23-9-6-13(10-23)21(2)12-16-18-7-5-8-19-16/h5,7-8,11,13H,4,6,9-10,12H2,1-3H3. The van der Waals surface area contributed by atoms with Crippen LogP contribution in [0, 0.1) is 0 Å². The Morgan fingerprint density at radius 2 is 2.12 bits per heavy atom. The molecule has 2 aromatic rings. The van der Waals surface area contributed by atoms with E-state index in [4.69, 9.17) is 0 Å². The Labute approximate surface area is 142 Å². The van der Waals surface area contributed by atoms with Crippen LogP contribution in [0.3, 0.4) is 0 Å². The molecule has 0 radical (unpaired) electrons. The third-order valence-corrected chi connectivity index (χ3v) is 4.55. The van der Waals surface area contributed by atoms with Gasteiger partial charge < -0.3 is 4.90 Å². The number of nitrogens with zero attached hydrogens (tertiary/aromatic N) is 6. The van der Waals surface area contributed by atoms with Crippen molar-refractivity contribution in [1.29, 1.82) is 0 Å². The zero-order valence-electron chi connectivity index (χ0n) is 14.5. The summed E-state index contributed by atoms with van der Waals surface area (Å²) in [4.78, 5) is 25.5. The molecule has 0 aliphatic carbocycles. The molecule has 1 fully saturated rings. The van der Waals surface area contributed by atoms with Crippen LogP contribution in [0.4, 0.5) is 0 Å². The van der Waals surface area contributed by atoms with Crippen molar-refractivity contribution in [2.24, 2.45) is 7.05 Å². The van der Waals surface area contributed by atoms with Crippen LogP contribution < -0.4 is 0 Å². The summed E-state index contributed by atoms with van der Waals surface area (Å²) in [6, 6.07) is 2.15. The molecule has 3 rings (SSSR count). The lowest BCUT2D eigenvalue weighted by molar-refractivity contribution is 0.0778. The smallest absolute Gasteiger partial charge is 0.257 e. The minimum Gasteiger partial charge on any atom is -0.337 e. The van der Waals surface area contributed by atoms with Gasteiger partial charge in [0, 0.05) is 44.8 Å². The van der Waals surface area contributed by atoms with Gasteiger partial charge >= 0.3 is 0 Å². The maximum atomic E-state index is 12.8. The van der Waals surface area contributed by atoms with Gasteiger partial charge in [-0.25, -0.2) is 9.97 Å². The van der Waals surface area contributed by atoms with Crippen LogP contribution in [-0.4, -0.2) is 61.6 Å². The van der Waals surface area contributed by atoms with Crippen molar-refractivity contribution in [3.63, 3.8) is 0 Å². The second-order valence-corrected chi connectivity index (χ2v) is 6.29. The summed E-state index contributed by atoms with van der Waals surface area (Å²) in [7, 11) is 3.92. The van der Waals surface area contributed by atoms with Gasteiger partial charge in [-0.15, -0.1) is 0 Å². The molecule has 0 spiro atoms. The molecule has 1 aliphatic rings. The number of rotatable bonds is 5. The highest BCUT2D eigenvalue weighted by molar-refractivity contribution is 5.95. The molecular weight excluding hydrogens is 304 g/mol. The van der Waals surface area contributed by atoms with E-state index in [0.717, 1.165) is 43.0 Å². The fraction of sp³-hybridized carbons (Fsp3) is 0.529. The highest BCUT2D eigenvalue weighted by Gasteiger charge is 2.31. The van der Waals surface area contributed by atoms with Crippen molar-refractivity contribution in [2.45, 2.75) is 32.4 Å². The lowest BCUT2D eigenvalue weighted by Crippen LogP contribution is -2.36. The topological polar surface area (TPSA) is 67.2 Å². The van der Waals surface area contributed by atoms with Gasteiger partial charge in [-0.2, -0.15) is 5.10 Å². The first-order valence-electron chi connectivity index (χ1n) is 8.36. The Balaban J connectivity index is 1.63. The average molecular weight is 328 g/mol. The molecule has 1 atom stereocenters. The molecule has 0 bridgehead atoms. The molecule has 3 heterocycles. The van der Waals surface area contributed by atoms with Gasteiger partial charge in [0.25, 0.3) is 5.91 Å². The Kier molecular flexibility index (Phi) is 4.89. The molecule has 128 valence electrons. The van der Waals surface area contributed by atoms with Crippen LogP contribution in [0.15, 0.2) is 24.7 Å². The van der Waals surface area contributed by atoms with Crippen molar-refractivity contribution >= 4 is 5.91 Å². The summed E-state index contributed by atoms with van der Waals surface area (Å²) >= 11 is 0. The molecule has 2 aromatic heterocycles. The summed E-state index contributed by atoms with van der Waals surface area (Å²) in [6.07, 6.45) is 7.09. The monoisotopic (exact) mass is 328 g/mol. The number of amides is 1. The van der Waals surface area contributed by atoms with Gasteiger partial charge in [-0.3, -0.25) is 14.4 Å². The van der Waals surface area contributed by atoms with Gasteiger partial charge in [0.2, 0.25) is 0 Å². The fourth-order valence-electron chi connectivity index (χ4n) is 3.19. The number of carbonyl (C=O) groups excluding carboxylic acids is 1. The van der Waals surface area contributed by atoms with Crippen molar-refractivity contribution in [3.8, 4) is 0 Å². The van der Waals surface area contributed by atoms with Crippen molar-refractivity contribution < 1.29 is 4.79 Å². The van der Waals surface area contributed by atoms with E-state index in [-0.39, 0.29) is 5.91 Å². The van der Waals surface area contributed by atoms with E-state index in [9.17, 15) is 4.79 Å². The summed E-state index contributed by atoms with van der Waals surface area (Å²) in [5.74, 6) is 0.900. The second kappa shape index (κ2) is 7.09. The molecule has 0 aromatic carbocycles. The third-order valence-electron chi connectivity index (χ3n) is 4.55. The van der Waals surface area contributed by atoms with E-state index in [1.165, 1.54) is 0 Å². The summed E-state index contributed by atoms with van der Waals surface area (Å²) in [5, 5.41) is 4.37. The van der Waals surface area contributed by atoms with Gasteiger partial charge in [-0.05, 0) is 26.0 Å². The second-order valence-electron chi connectivity index (χ2n) is 6.29. The number of carbonyl (C=O) groups is 1. The van der Waals surface area contributed by atoms with E-state index in [1.54, 1.807) is 17.1 Å². The average Bonchev–Trinajstić information content (AvgIpc) is 3.21. The van der Waals surface area contributed by atoms with Crippen LogP contribution >= 0.6 is 0 Å². The SMILES string of the molecule is CCc1nn(C)cc1C(=O)N1CCC(N(C)Cc2ncccn2)C1. The number of hydrogen-bond donors (Lipinski definition) is 0. The first-order chi connectivity index (χ1) is 11.6. The van der Waals surface area contributed by atoms with Crippen LogP contribution in [0.5, 0.6) is 0 Å². The zero-order chi connectivity index (χ0) is 17.1. The lowest BCUT2D eigenvalue weighted by atomic mass is 10.2. The Bertz CT molecular complexity index is 698. The molecule has 1 amide bonds. The normalized spacial score (nSPS) is 17.7. The number of likely N-dealkylation sites (N-methyl/N-ethyl adjacent to an activating group) is 1. The summed E-state index contributed by atoms with van der Waals surface area (Å²) in [6.45, 7) is 4.24. The van der Waals surface area contributed by atoms with Crippen molar-refractivity contribution in [2.75, 3.05) is 20.1 Å². The lowest BCUT2D eigenvalue weighted by Gasteiger charge is -2.23. The van der Waals surface area contributed by atoms with Crippen LogP contribution in [0.25, 0.3) is 0 Å². The van der Waals surface area contributed by atoms with E-state index >= 15 is 0 Å². The molecule has 7 heteroatoms. The highest BCUT2D eigenvalue weighted by atomic mass is 16.2. The van der Waals surface area contributed by atoms with Crippen LogP contribution in [-0.2, 0) is 20.0 Å². The predicted octanol–water partition coefficient (Wildman–Crippen LogP) is 1.12. The van der Waals surface area contributed by atoms with Crippen molar-refractivity contribution in [3.05, 3.63) is 41.7 Å². The molecule has 0 saturated carbocycles. The maximum absolute atomic E-state index is 12.8. The van der Waals surface area contributed by atoms with Crippen molar-refractivity contribution in [1.82, 2.24) is 29.5 Å². The Morgan fingerprint density at radius 3 is 2.83 bits per heavy atom. The van der Waals surface area contributed by atoms with E-state index < -0.39 is 0 Å². The first-order valence-corrected chi connectivity index (χ1v) is 8.36. The Morgan fingerprint density at radius 1 is 1.38 bits per heavy atom. The van der Waals surface area contributed by atoms with E-state index in [2.05, 4.69) is 27.0 Å². The van der Waals surface area contributed by atoms with Gasteiger partial charge in [0.05, 0.1) is 17.8 Å². The van der Waals surface area contributed by atoms with E-state index in [1.807, 2.05) is 31.1 Å².